The Morgan fingerprint density at radius 1 is 1.55 bits per heavy atom. The zero-order valence-electron chi connectivity index (χ0n) is 6.86. The van der Waals surface area contributed by atoms with Gasteiger partial charge in [-0.1, -0.05) is 0 Å². The molecule has 0 unspecified atom stereocenters. The van der Waals surface area contributed by atoms with Crippen LogP contribution in [0, 0.1) is 13.8 Å². The van der Waals surface area contributed by atoms with Gasteiger partial charge in [-0.05, 0) is 13.8 Å². The highest BCUT2D eigenvalue weighted by atomic mass is 16.1. The fraction of sp³-hybridized carbons (Fsp3) is 0.429. The smallest absolute Gasteiger partial charge is 0.271 e. The maximum Gasteiger partial charge on any atom is 0.271 e. The van der Waals surface area contributed by atoms with Crippen molar-refractivity contribution >= 4 is 5.91 Å². The molecule has 0 atom stereocenters. The van der Waals surface area contributed by atoms with Crippen molar-refractivity contribution in [2.45, 2.75) is 13.8 Å². The second-order valence-corrected chi connectivity index (χ2v) is 2.37. The summed E-state index contributed by atoms with van der Waals surface area (Å²) in [6.07, 6.45) is 0. The molecule has 1 aromatic heterocycles. The van der Waals surface area contributed by atoms with Gasteiger partial charge in [-0.2, -0.15) is 0 Å². The Morgan fingerprint density at radius 3 is 2.55 bits per heavy atom. The van der Waals surface area contributed by atoms with Gasteiger partial charge in [0.05, 0.1) is 0 Å². The standard InChI is InChI=1S/C7H11N3O/c1-4-6(7(11)8-3)10-5(2)9-4/h1-3H3,(H,8,11)(H,9,10). The third-order valence-electron chi connectivity index (χ3n) is 1.45. The second kappa shape index (κ2) is 2.74. The molecule has 60 valence electrons. The lowest BCUT2D eigenvalue weighted by Crippen LogP contribution is -2.19. The Kier molecular flexibility index (Phi) is 1.94. The average molecular weight is 153 g/mol. The van der Waals surface area contributed by atoms with Crippen LogP contribution in [0.25, 0.3) is 0 Å². The number of nitrogens with one attached hydrogen (secondary N) is 2. The van der Waals surface area contributed by atoms with Crippen LogP contribution in [0.5, 0.6) is 0 Å². The maximum absolute atomic E-state index is 11.1. The SMILES string of the molecule is CNC(=O)c1nc(C)[nH]c1C. The summed E-state index contributed by atoms with van der Waals surface area (Å²) in [5.41, 5.74) is 1.28. The van der Waals surface area contributed by atoms with Crippen molar-refractivity contribution in [1.82, 2.24) is 15.3 Å². The molecule has 4 nitrogen and oxygen atoms in total. The number of carbonyl (C=O) groups excluding carboxylic acids is 1. The lowest BCUT2D eigenvalue weighted by Gasteiger charge is -1.93. The first kappa shape index (κ1) is 7.78. The molecule has 0 spiro atoms. The van der Waals surface area contributed by atoms with E-state index in [1.54, 1.807) is 7.05 Å². The minimum Gasteiger partial charge on any atom is -0.354 e. The van der Waals surface area contributed by atoms with Gasteiger partial charge in [0.15, 0.2) is 0 Å². The summed E-state index contributed by atoms with van der Waals surface area (Å²) >= 11 is 0. The Bertz CT molecular complexity index is 277. The maximum atomic E-state index is 11.1. The van der Waals surface area contributed by atoms with Crippen molar-refractivity contribution in [1.29, 1.82) is 0 Å². The van der Waals surface area contributed by atoms with E-state index in [2.05, 4.69) is 15.3 Å². The van der Waals surface area contributed by atoms with E-state index in [0.29, 0.717) is 5.69 Å². The first-order valence-corrected chi connectivity index (χ1v) is 3.40. The van der Waals surface area contributed by atoms with Crippen molar-refractivity contribution in [2.75, 3.05) is 7.05 Å². The van der Waals surface area contributed by atoms with Crippen molar-refractivity contribution in [2.24, 2.45) is 0 Å². The highest BCUT2D eigenvalue weighted by Crippen LogP contribution is 2.02. The Morgan fingerprint density at radius 2 is 2.18 bits per heavy atom. The van der Waals surface area contributed by atoms with Crippen LogP contribution >= 0.6 is 0 Å². The van der Waals surface area contributed by atoms with Crippen LogP contribution in [-0.4, -0.2) is 22.9 Å². The van der Waals surface area contributed by atoms with E-state index >= 15 is 0 Å². The quantitative estimate of drug-likeness (QED) is 0.613. The molecule has 0 aromatic carbocycles. The fourth-order valence-electron chi connectivity index (χ4n) is 0.950. The van der Waals surface area contributed by atoms with Crippen molar-refractivity contribution in [3.8, 4) is 0 Å². The van der Waals surface area contributed by atoms with Crippen LogP contribution < -0.4 is 5.32 Å². The van der Waals surface area contributed by atoms with Crippen LogP contribution in [0.3, 0.4) is 0 Å². The molecule has 4 heteroatoms. The average Bonchev–Trinajstić information content (AvgIpc) is 2.28. The fourth-order valence-corrected chi connectivity index (χ4v) is 0.950. The number of hydrogen-bond acceptors (Lipinski definition) is 2. The largest absolute Gasteiger partial charge is 0.354 e. The van der Waals surface area contributed by atoms with Crippen LogP contribution in [0.1, 0.15) is 22.0 Å². The molecular formula is C7H11N3O. The van der Waals surface area contributed by atoms with Crippen LogP contribution in [0.2, 0.25) is 0 Å². The van der Waals surface area contributed by atoms with E-state index in [4.69, 9.17) is 0 Å². The van der Waals surface area contributed by atoms with Crippen molar-refractivity contribution < 1.29 is 4.79 Å². The minimum absolute atomic E-state index is 0.146. The Balaban J connectivity index is 3.03. The summed E-state index contributed by atoms with van der Waals surface area (Å²) < 4.78 is 0. The number of aromatic nitrogens is 2. The van der Waals surface area contributed by atoms with E-state index in [0.717, 1.165) is 11.5 Å². The van der Waals surface area contributed by atoms with E-state index in [1.807, 2.05) is 13.8 Å². The summed E-state index contributed by atoms with van der Waals surface area (Å²) in [7, 11) is 1.59. The molecule has 1 amide bonds. The molecule has 1 heterocycles. The molecule has 2 N–H and O–H groups in total. The first-order chi connectivity index (χ1) is 5.15. The predicted octanol–water partition coefficient (Wildman–Crippen LogP) is 0.386. The lowest BCUT2D eigenvalue weighted by molar-refractivity contribution is 0.0958. The lowest BCUT2D eigenvalue weighted by atomic mass is 10.3. The number of nitrogens with zero attached hydrogens (tertiary/aromatic N) is 1. The molecule has 0 aliphatic rings. The highest BCUT2D eigenvalue weighted by Gasteiger charge is 2.10. The third kappa shape index (κ3) is 1.39. The van der Waals surface area contributed by atoms with Gasteiger partial charge in [-0.25, -0.2) is 4.98 Å². The molecule has 0 saturated heterocycles. The number of imidazole rings is 1. The Labute approximate surface area is 65.0 Å². The molecule has 0 aliphatic carbocycles. The Hall–Kier alpha value is -1.32. The number of hydrogen-bond donors (Lipinski definition) is 2. The van der Waals surface area contributed by atoms with E-state index in [-0.39, 0.29) is 5.91 Å². The van der Waals surface area contributed by atoms with Gasteiger partial charge in [0, 0.05) is 12.7 Å². The molecule has 0 aliphatic heterocycles. The number of aromatic amines is 1. The van der Waals surface area contributed by atoms with Crippen LogP contribution in [0.4, 0.5) is 0 Å². The highest BCUT2D eigenvalue weighted by molar-refractivity contribution is 5.93. The number of rotatable bonds is 1. The van der Waals surface area contributed by atoms with Crippen molar-refractivity contribution in [3.63, 3.8) is 0 Å². The third-order valence-corrected chi connectivity index (χ3v) is 1.45. The van der Waals surface area contributed by atoms with Gasteiger partial charge in [0.1, 0.15) is 11.5 Å². The van der Waals surface area contributed by atoms with Crippen LogP contribution in [0.15, 0.2) is 0 Å². The summed E-state index contributed by atoms with van der Waals surface area (Å²) in [5.74, 6) is 0.618. The predicted molar refractivity (Wildman–Crippen MR) is 41.5 cm³/mol. The molecule has 0 fully saturated rings. The topological polar surface area (TPSA) is 57.8 Å². The summed E-state index contributed by atoms with van der Waals surface area (Å²) in [4.78, 5) is 18.0. The van der Waals surface area contributed by atoms with Crippen LogP contribution in [-0.2, 0) is 0 Å². The zero-order valence-corrected chi connectivity index (χ0v) is 6.86. The van der Waals surface area contributed by atoms with E-state index in [9.17, 15) is 4.79 Å². The monoisotopic (exact) mass is 153 g/mol. The van der Waals surface area contributed by atoms with Gasteiger partial charge < -0.3 is 10.3 Å². The second-order valence-electron chi connectivity index (χ2n) is 2.37. The zero-order chi connectivity index (χ0) is 8.43. The van der Waals surface area contributed by atoms with Gasteiger partial charge in [-0.15, -0.1) is 0 Å². The van der Waals surface area contributed by atoms with Gasteiger partial charge in [0.2, 0.25) is 0 Å². The first-order valence-electron chi connectivity index (χ1n) is 3.40. The summed E-state index contributed by atoms with van der Waals surface area (Å²) in [6.45, 7) is 3.64. The van der Waals surface area contributed by atoms with Gasteiger partial charge in [-0.3, -0.25) is 4.79 Å². The summed E-state index contributed by atoms with van der Waals surface area (Å²) in [5, 5.41) is 2.51. The molecule has 0 bridgehead atoms. The summed E-state index contributed by atoms with van der Waals surface area (Å²) in [6, 6.07) is 0. The molecule has 0 saturated carbocycles. The molecular weight excluding hydrogens is 142 g/mol. The number of amides is 1. The molecule has 1 aromatic rings. The molecule has 1 rings (SSSR count). The number of carbonyl (C=O) groups is 1. The van der Waals surface area contributed by atoms with Gasteiger partial charge >= 0.3 is 0 Å². The number of H-pyrrole nitrogens is 1. The normalized spacial score (nSPS) is 9.73. The molecule has 0 radical (unpaired) electrons. The number of aryl methyl sites for hydroxylation is 2. The van der Waals surface area contributed by atoms with Gasteiger partial charge in [0.25, 0.3) is 5.91 Å². The van der Waals surface area contributed by atoms with Crippen molar-refractivity contribution in [3.05, 3.63) is 17.2 Å². The molecule has 11 heavy (non-hydrogen) atoms. The van der Waals surface area contributed by atoms with E-state index < -0.39 is 0 Å². The van der Waals surface area contributed by atoms with E-state index in [1.165, 1.54) is 0 Å². The minimum atomic E-state index is -0.146.